The van der Waals surface area contributed by atoms with Crippen LogP contribution in [0.2, 0.25) is 0 Å². The van der Waals surface area contributed by atoms with Gasteiger partial charge in [-0.2, -0.15) is 11.8 Å². The number of hydrogen-bond donors (Lipinski definition) is 1. The highest BCUT2D eigenvalue weighted by atomic mass is 32.2. The van der Waals surface area contributed by atoms with Crippen molar-refractivity contribution in [2.45, 2.75) is 30.9 Å². The van der Waals surface area contributed by atoms with Gasteiger partial charge in [0, 0.05) is 11.4 Å². The molecule has 1 unspecified atom stereocenters. The molecule has 1 rings (SSSR count). The molecule has 0 spiro atoms. The van der Waals surface area contributed by atoms with Crippen molar-refractivity contribution in [1.82, 2.24) is 0 Å². The van der Waals surface area contributed by atoms with E-state index in [1.807, 2.05) is 11.8 Å². The summed E-state index contributed by atoms with van der Waals surface area (Å²) in [6, 6.07) is 0. The Morgan fingerprint density at radius 1 is 1.67 bits per heavy atom. The molecule has 0 aromatic rings. The molecule has 9 heavy (non-hydrogen) atoms. The zero-order valence-corrected chi connectivity index (χ0v) is 6.71. The van der Waals surface area contributed by atoms with E-state index in [1.165, 1.54) is 18.6 Å². The number of thioether (sulfide) groups is 1. The second-order valence-corrected chi connectivity index (χ2v) is 4.56. The summed E-state index contributed by atoms with van der Waals surface area (Å²) < 4.78 is 0.411. The quantitative estimate of drug-likeness (QED) is 0.639. The molecule has 1 aliphatic heterocycles. The molecular formula is C7H14OS. The van der Waals surface area contributed by atoms with Crippen LogP contribution in [-0.2, 0) is 0 Å². The van der Waals surface area contributed by atoms with E-state index in [9.17, 15) is 0 Å². The molecule has 0 radical (unpaired) electrons. The maximum Gasteiger partial charge on any atom is 0.0444 e. The first-order valence-corrected chi connectivity index (χ1v) is 4.50. The van der Waals surface area contributed by atoms with Crippen LogP contribution in [0.3, 0.4) is 0 Å². The van der Waals surface area contributed by atoms with E-state index in [2.05, 4.69) is 6.92 Å². The Morgan fingerprint density at radius 2 is 2.44 bits per heavy atom. The summed E-state index contributed by atoms with van der Waals surface area (Å²) in [5, 5.41) is 8.68. The Balaban J connectivity index is 2.32. The van der Waals surface area contributed by atoms with Crippen molar-refractivity contribution >= 4 is 11.8 Å². The van der Waals surface area contributed by atoms with E-state index in [4.69, 9.17) is 5.11 Å². The second-order valence-electron chi connectivity index (χ2n) is 2.88. The van der Waals surface area contributed by atoms with Crippen LogP contribution in [0.25, 0.3) is 0 Å². The molecule has 1 atom stereocenters. The van der Waals surface area contributed by atoms with E-state index < -0.39 is 0 Å². The third-order valence-corrected chi connectivity index (χ3v) is 3.54. The molecule has 1 aliphatic rings. The van der Waals surface area contributed by atoms with Gasteiger partial charge in [-0.25, -0.2) is 0 Å². The standard InChI is InChI=1S/C7H14OS/c1-7(4-5-8)3-2-6-9-7/h8H,2-6H2,1H3. The molecule has 0 aliphatic carbocycles. The minimum atomic E-state index is 0.351. The molecule has 1 saturated heterocycles. The third kappa shape index (κ3) is 1.87. The monoisotopic (exact) mass is 146 g/mol. The van der Waals surface area contributed by atoms with Crippen LogP contribution in [0.15, 0.2) is 0 Å². The fraction of sp³-hybridized carbons (Fsp3) is 1.00. The van der Waals surface area contributed by atoms with Crippen molar-refractivity contribution in [3.8, 4) is 0 Å². The van der Waals surface area contributed by atoms with Gasteiger partial charge in [0.15, 0.2) is 0 Å². The Labute approximate surface area is 60.8 Å². The van der Waals surface area contributed by atoms with Crippen LogP contribution in [0.1, 0.15) is 26.2 Å². The zero-order valence-electron chi connectivity index (χ0n) is 5.89. The van der Waals surface area contributed by atoms with Gasteiger partial charge in [0.1, 0.15) is 0 Å². The van der Waals surface area contributed by atoms with E-state index in [0.717, 1.165) is 6.42 Å². The minimum Gasteiger partial charge on any atom is -0.396 e. The van der Waals surface area contributed by atoms with Crippen LogP contribution in [0.4, 0.5) is 0 Å². The summed E-state index contributed by atoms with van der Waals surface area (Å²) in [4.78, 5) is 0. The third-order valence-electron chi connectivity index (χ3n) is 1.94. The Morgan fingerprint density at radius 3 is 2.89 bits per heavy atom. The van der Waals surface area contributed by atoms with Crippen LogP contribution >= 0.6 is 11.8 Å². The Kier molecular flexibility index (Phi) is 2.42. The lowest BCUT2D eigenvalue weighted by atomic mass is 10.0. The molecule has 1 nitrogen and oxygen atoms in total. The Hall–Kier alpha value is 0.310. The van der Waals surface area contributed by atoms with Crippen molar-refractivity contribution in [3.63, 3.8) is 0 Å². The number of aliphatic hydroxyl groups excluding tert-OH is 1. The van der Waals surface area contributed by atoms with Crippen molar-refractivity contribution in [2.24, 2.45) is 0 Å². The molecule has 1 N–H and O–H groups in total. The maximum atomic E-state index is 8.68. The first-order chi connectivity index (χ1) is 4.27. The van der Waals surface area contributed by atoms with Gasteiger partial charge < -0.3 is 5.11 Å². The lowest BCUT2D eigenvalue weighted by Gasteiger charge is -2.20. The van der Waals surface area contributed by atoms with Crippen molar-refractivity contribution in [2.75, 3.05) is 12.4 Å². The van der Waals surface area contributed by atoms with Gasteiger partial charge in [-0.15, -0.1) is 0 Å². The molecule has 1 fully saturated rings. The summed E-state index contributed by atoms with van der Waals surface area (Å²) in [7, 11) is 0. The summed E-state index contributed by atoms with van der Waals surface area (Å²) >= 11 is 2.01. The zero-order chi connectivity index (χ0) is 6.74. The first kappa shape index (κ1) is 7.42. The average Bonchev–Trinajstić information content (AvgIpc) is 2.16. The summed E-state index contributed by atoms with van der Waals surface area (Å²) in [5.41, 5.74) is 0. The molecular weight excluding hydrogens is 132 g/mol. The van der Waals surface area contributed by atoms with Gasteiger partial charge in [-0.1, -0.05) is 6.92 Å². The van der Waals surface area contributed by atoms with Gasteiger partial charge >= 0.3 is 0 Å². The molecule has 0 aromatic carbocycles. The number of rotatable bonds is 2. The molecule has 54 valence electrons. The molecule has 2 heteroatoms. The van der Waals surface area contributed by atoms with E-state index in [1.54, 1.807) is 0 Å². The van der Waals surface area contributed by atoms with Crippen LogP contribution in [-0.4, -0.2) is 22.2 Å². The summed E-state index contributed by atoms with van der Waals surface area (Å²) in [5.74, 6) is 1.29. The van der Waals surface area contributed by atoms with E-state index in [0.29, 0.717) is 11.4 Å². The fourth-order valence-corrected chi connectivity index (χ4v) is 2.58. The van der Waals surface area contributed by atoms with Crippen molar-refractivity contribution in [3.05, 3.63) is 0 Å². The largest absolute Gasteiger partial charge is 0.396 e. The minimum absolute atomic E-state index is 0.351. The fourth-order valence-electron chi connectivity index (χ4n) is 1.27. The Bertz CT molecular complexity index is 86.9. The predicted octanol–water partition coefficient (Wildman–Crippen LogP) is 1.65. The topological polar surface area (TPSA) is 20.2 Å². The van der Waals surface area contributed by atoms with Gasteiger partial charge in [0.2, 0.25) is 0 Å². The molecule has 1 heterocycles. The van der Waals surface area contributed by atoms with E-state index in [-0.39, 0.29) is 0 Å². The highest BCUT2D eigenvalue weighted by molar-refractivity contribution is 8.00. The summed E-state index contributed by atoms with van der Waals surface area (Å²) in [6.45, 7) is 2.60. The highest BCUT2D eigenvalue weighted by Crippen LogP contribution is 2.39. The number of hydrogen-bond acceptors (Lipinski definition) is 2. The normalized spacial score (nSPS) is 35.3. The molecule has 0 amide bonds. The van der Waals surface area contributed by atoms with Crippen molar-refractivity contribution < 1.29 is 5.11 Å². The van der Waals surface area contributed by atoms with Gasteiger partial charge in [0.05, 0.1) is 0 Å². The smallest absolute Gasteiger partial charge is 0.0444 e. The molecule has 0 bridgehead atoms. The summed E-state index contributed by atoms with van der Waals surface area (Å²) in [6.07, 6.45) is 3.59. The molecule has 0 saturated carbocycles. The van der Waals surface area contributed by atoms with Gasteiger partial charge in [0.25, 0.3) is 0 Å². The van der Waals surface area contributed by atoms with Gasteiger partial charge in [-0.3, -0.25) is 0 Å². The van der Waals surface area contributed by atoms with Crippen LogP contribution in [0, 0.1) is 0 Å². The maximum absolute atomic E-state index is 8.68. The van der Waals surface area contributed by atoms with Crippen molar-refractivity contribution in [1.29, 1.82) is 0 Å². The first-order valence-electron chi connectivity index (χ1n) is 3.52. The highest BCUT2D eigenvalue weighted by Gasteiger charge is 2.28. The van der Waals surface area contributed by atoms with Gasteiger partial charge in [-0.05, 0) is 25.0 Å². The number of aliphatic hydroxyl groups is 1. The second kappa shape index (κ2) is 2.93. The lowest BCUT2D eigenvalue weighted by Crippen LogP contribution is -2.16. The van der Waals surface area contributed by atoms with Crippen LogP contribution in [0.5, 0.6) is 0 Å². The lowest BCUT2D eigenvalue weighted by molar-refractivity contribution is 0.270. The average molecular weight is 146 g/mol. The SMILES string of the molecule is CC1(CCO)CCCS1. The van der Waals surface area contributed by atoms with Crippen LogP contribution < -0.4 is 0 Å². The van der Waals surface area contributed by atoms with E-state index >= 15 is 0 Å². The predicted molar refractivity (Wildman–Crippen MR) is 41.8 cm³/mol. The molecule has 0 aromatic heterocycles.